The summed E-state index contributed by atoms with van der Waals surface area (Å²) in [7, 11) is -4.67. The SMILES string of the molecule is CCN(CC)CC.O=S(=O)(O)O.[NaH]. The van der Waals surface area contributed by atoms with E-state index in [2.05, 4.69) is 25.7 Å². The maximum absolute atomic E-state index is 8.74. The van der Waals surface area contributed by atoms with Gasteiger partial charge in [-0.05, 0) is 19.6 Å². The molecule has 78 valence electrons. The molecule has 0 spiro atoms. The van der Waals surface area contributed by atoms with Crippen molar-refractivity contribution in [1.82, 2.24) is 4.90 Å². The molecule has 0 aromatic carbocycles. The number of hydrogen-bond acceptors (Lipinski definition) is 3. The van der Waals surface area contributed by atoms with E-state index in [1.54, 1.807) is 0 Å². The summed E-state index contributed by atoms with van der Waals surface area (Å²) in [6.07, 6.45) is 0. The fourth-order valence-corrected chi connectivity index (χ4v) is 0.671. The fraction of sp³-hybridized carbons (Fsp3) is 1.00. The van der Waals surface area contributed by atoms with Crippen LogP contribution in [-0.4, -0.2) is 71.6 Å². The third kappa shape index (κ3) is 32.3. The molecular weight excluding hydrogens is 205 g/mol. The molecule has 0 atom stereocenters. The first-order valence-electron chi connectivity index (χ1n) is 3.77. The van der Waals surface area contributed by atoms with Crippen LogP contribution in [0.5, 0.6) is 0 Å². The summed E-state index contributed by atoms with van der Waals surface area (Å²) >= 11 is 0. The van der Waals surface area contributed by atoms with Crippen molar-refractivity contribution in [1.29, 1.82) is 0 Å². The maximum atomic E-state index is 8.74. The molecule has 0 saturated carbocycles. The normalized spacial score (nSPS) is 10.0. The Balaban J connectivity index is -0.000000150. The molecule has 0 saturated heterocycles. The van der Waals surface area contributed by atoms with Crippen LogP contribution in [0.4, 0.5) is 0 Å². The van der Waals surface area contributed by atoms with E-state index in [1.807, 2.05) is 0 Å². The van der Waals surface area contributed by atoms with E-state index in [-0.39, 0.29) is 29.6 Å². The Kier molecular flexibility index (Phi) is 16.3. The van der Waals surface area contributed by atoms with Crippen LogP contribution in [0.25, 0.3) is 0 Å². The Bertz CT molecular complexity index is 166. The van der Waals surface area contributed by atoms with Gasteiger partial charge in [0.25, 0.3) is 0 Å². The number of hydrogen-bond donors (Lipinski definition) is 2. The quantitative estimate of drug-likeness (QED) is 0.522. The van der Waals surface area contributed by atoms with Crippen molar-refractivity contribution < 1.29 is 17.5 Å². The molecular formula is C6H18NNaO4S. The molecule has 0 heterocycles. The van der Waals surface area contributed by atoms with Gasteiger partial charge in [0.1, 0.15) is 0 Å². The first-order chi connectivity index (χ1) is 5.35. The van der Waals surface area contributed by atoms with Gasteiger partial charge < -0.3 is 4.90 Å². The summed E-state index contributed by atoms with van der Waals surface area (Å²) < 4.78 is 31.6. The molecule has 0 aliphatic rings. The molecule has 0 aliphatic carbocycles. The Morgan fingerprint density at radius 1 is 1.00 bits per heavy atom. The van der Waals surface area contributed by atoms with Crippen molar-refractivity contribution in [2.75, 3.05) is 19.6 Å². The standard InChI is InChI=1S/C6H15N.Na.H2O4S.H/c1-4-7(5-2)6-3;;1-5(2,3)4;/h4-6H2,1-3H3;;(H2,1,2,3,4);. The fourth-order valence-electron chi connectivity index (χ4n) is 0.671. The monoisotopic (exact) mass is 223 g/mol. The van der Waals surface area contributed by atoms with E-state index in [4.69, 9.17) is 17.5 Å². The Labute approximate surface area is 102 Å². The van der Waals surface area contributed by atoms with Crippen LogP contribution in [0.2, 0.25) is 0 Å². The van der Waals surface area contributed by atoms with Gasteiger partial charge in [-0.25, -0.2) is 0 Å². The van der Waals surface area contributed by atoms with Crippen LogP contribution >= 0.6 is 0 Å². The topological polar surface area (TPSA) is 77.8 Å². The van der Waals surface area contributed by atoms with Gasteiger partial charge in [-0.3, -0.25) is 9.11 Å². The average Bonchev–Trinajstić information content (AvgIpc) is 1.88. The van der Waals surface area contributed by atoms with Crippen LogP contribution in [0, 0.1) is 0 Å². The van der Waals surface area contributed by atoms with Gasteiger partial charge in [0.15, 0.2) is 0 Å². The van der Waals surface area contributed by atoms with Crippen LogP contribution in [0.1, 0.15) is 20.8 Å². The minimum atomic E-state index is -4.67. The van der Waals surface area contributed by atoms with Crippen molar-refractivity contribution in [3.05, 3.63) is 0 Å². The van der Waals surface area contributed by atoms with E-state index in [1.165, 1.54) is 19.6 Å². The Hall–Kier alpha value is 0.830. The van der Waals surface area contributed by atoms with Gasteiger partial charge in [0.05, 0.1) is 0 Å². The molecule has 0 radical (unpaired) electrons. The zero-order valence-corrected chi connectivity index (χ0v) is 8.50. The molecule has 0 aromatic heterocycles. The van der Waals surface area contributed by atoms with E-state index in [0.717, 1.165) is 0 Å². The van der Waals surface area contributed by atoms with E-state index in [0.29, 0.717) is 0 Å². The van der Waals surface area contributed by atoms with Crippen LogP contribution in [0.3, 0.4) is 0 Å². The molecule has 0 amide bonds. The van der Waals surface area contributed by atoms with Gasteiger partial charge in [-0.15, -0.1) is 0 Å². The zero-order chi connectivity index (χ0) is 10.2. The van der Waals surface area contributed by atoms with Crippen molar-refractivity contribution in [2.45, 2.75) is 20.8 Å². The van der Waals surface area contributed by atoms with Crippen LogP contribution in [0.15, 0.2) is 0 Å². The molecule has 0 fully saturated rings. The second kappa shape index (κ2) is 10.9. The average molecular weight is 223 g/mol. The zero-order valence-electron chi connectivity index (χ0n) is 7.69. The molecule has 0 aliphatic heterocycles. The predicted octanol–water partition coefficient (Wildman–Crippen LogP) is 0.0468. The molecule has 0 bridgehead atoms. The molecule has 0 unspecified atom stereocenters. The summed E-state index contributed by atoms with van der Waals surface area (Å²) in [5, 5.41) is 0. The van der Waals surface area contributed by atoms with E-state index < -0.39 is 10.4 Å². The Morgan fingerprint density at radius 2 is 1.15 bits per heavy atom. The molecule has 0 aromatic rings. The van der Waals surface area contributed by atoms with E-state index in [9.17, 15) is 0 Å². The second-order valence-corrected chi connectivity index (χ2v) is 2.96. The van der Waals surface area contributed by atoms with Crippen molar-refractivity contribution in [2.24, 2.45) is 0 Å². The van der Waals surface area contributed by atoms with Gasteiger partial charge in [-0.1, -0.05) is 20.8 Å². The van der Waals surface area contributed by atoms with Crippen LogP contribution in [-0.2, 0) is 10.4 Å². The van der Waals surface area contributed by atoms with E-state index >= 15 is 0 Å². The molecule has 2 N–H and O–H groups in total. The van der Waals surface area contributed by atoms with Crippen LogP contribution < -0.4 is 0 Å². The third-order valence-corrected chi connectivity index (χ3v) is 1.34. The number of rotatable bonds is 3. The molecule has 0 rings (SSSR count). The summed E-state index contributed by atoms with van der Waals surface area (Å²) in [6.45, 7) is 10.1. The molecule has 5 nitrogen and oxygen atoms in total. The van der Waals surface area contributed by atoms with Crippen molar-refractivity contribution in [3.8, 4) is 0 Å². The van der Waals surface area contributed by atoms with Gasteiger partial charge in [-0.2, -0.15) is 8.42 Å². The predicted molar refractivity (Wildman–Crippen MR) is 54.8 cm³/mol. The minimum absolute atomic E-state index is 0. The summed E-state index contributed by atoms with van der Waals surface area (Å²) in [4.78, 5) is 2.38. The van der Waals surface area contributed by atoms with Crippen molar-refractivity contribution in [3.63, 3.8) is 0 Å². The number of nitrogens with zero attached hydrogens (tertiary/aromatic N) is 1. The van der Waals surface area contributed by atoms with Gasteiger partial charge >= 0.3 is 40.0 Å². The molecule has 7 heteroatoms. The van der Waals surface area contributed by atoms with Gasteiger partial charge in [0.2, 0.25) is 0 Å². The van der Waals surface area contributed by atoms with Crippen molar-refractivity contribution >= 4 is 40.0 Å². The summed E-state index contributed by atoms with van der Waals surface area (Å²) in [5.41, 5.74) is 0. The Morgan fingerprint density at radius 3 is 1.15 bits per heavy atom. The first kappa shape index (κ1) is 19.4. The summed E-state index contributed by atoms with van der Waals surface area (Å²) in [6, 6.07) is 0. The second-order valence-electron chi connectivity index (χ2n) is 2.07. The third-order valence-electron chi connectivity index (χ3n) is 1.34. The first-order valence-corrected chi connectivity index (χ1v) is 5.17. The molecule has 13 heavy (non-hydrogen) atoms. The summed E-state index contributed by atoms with van der Waals surface area (Å²) in [5.74, 6) is 0. The van der Waals surface area contributed by atoms with Gasteiger partial charge in [0, 0.05) is 0 Å².